The molecule has 0 unspecified atom stereocenters. The van der Waals surface area contributed by atoms with E-state index in [1.54, 1.807) is 19.1 Å². The number of aromatic nitrogens is 1. The number of alkyl halides is 6. The summed E-state index contributed by atoms with van der Waals surface area (Å²) in [5.74, 6) is -2.22. The number of benzene rings is 2. The Bertz CT molecular complexity index is 1800. The highest BCUT2D eigenvalue weighted by atomic mass is 19.4. The lowest BCUT2D eigenvalue weighted by Gasteiger charge is -2.47. The van der Waals surface area contributed by atoms with Gasteiger partial charge in [-0.2, -0.15) is 31.6 Å². The van der Waals surface area contributed by atoms with Gasteiger partial charge in [-0.3, -0.25) is 14.7 Å². The number of carbonyl (C=O) groups excluding carboxylic acids is 1. The number of fused-ring (bicyclic) bond motifs is 1. The molecular weight excluding hydrogens is 672 g/mol. The summed E-state index contributed by atoms with van der Waals surface area (Å²) in [6.07, 6.45) is -9.84. The highest BCUT2D eigenvalue weighted by molar-refractivity contribution is 5.92. The minimum Gasteiger partial charge on any atom is -0.481 e. The maximum absolute atomic E-state index is 14.1. The lowest BCUT2D eigenvalue weighted by atomic mass is 9.77. The van der Waals surface area contributed by atoms with Crippen LogP contribution in [0.25, 0.3) is 0 Å². The standard InChI is InChI=1S/C34H33F6N5O5/c1-2-32(42)17-27(26-16-23(33(35,36)37)3-4-28(26)45(32)31(48)50-8-5-29(46)47)30-22(15-25(19-43-30)44-6-9-49-10-7-44)12-20-11-21(18-41)14-24(13-20)34(38,39)40/h3-4,11,13-16,19,27H,2,5-10,12,17,42H2,1H3,(H,46,47)/t27-,32+/m0/s1. The molecule has 0 spiro atoms. The molecule has 2 aliphatic heterocycles. The van der Waals surface area contributed by atoms with E-state index in [1.807, 2.05) is 4.90 Å². The number of carboxylic acids is 1. The van der Waals surface area contributed by atoms with Crippen molar-refractivity contribution in [1.82, 2.24) is 4.98 Å². The number of nitrogens with zero attached hydrogens (tertiary/aromatic N) is 4. The Hall–Kier alpha value is -4.88. The normalized spacial score (nSPS) is 19.5. The van der Waals surface area contributed by atoms with Crippen molar-refractivity contribution in [3.05, 3.63) is 87.7 Å². The lowest BCUT2D eigenvalue weighted by Crippen LogP contribution is -2.61. The zero-order valence-electron chi connectivity index (χ0n) is 26.8. The molecule has 10 nitrogen and oxygen atoms in total. The van der Waals surface area contributed by atoms with Gasteiger partial charge in [-0.15, -0.1) is 0 Å². The van der Waals surface area contributed by atoms with Gasteiger partial charge in [-0.1, -0.05) is 6.92 Å². The zero-order valence-corrected chi connectivity index (χ0v) is 26.8. The first kappa shape index (κ1) is 36.4. The minimum absolute atomic E-state index is 0.0131. The summed E-state index contributed by atoms with van der Waals surface area (Å²) in [4.78, 5) is 32.1. The Morgan fingerprint density at radius 1 is 1.08 bits per heavy atom. The van der Waals surface area contributed by atoms with E-state index < -0.39 is 60.2 Å². The number of halogens is 6. The van der Waals surface area contributed by atoms with E-state index in [-0.39, 0.29) is 47.3 Å². The Morgan fingerprint density at radius 2 is 1.78 bits per heavy atom. The van der Waals surface area contributed by atoms with Crippen LogP contribution < -0.4 is 15.5 Å². The molecule has 3 aromatic rings. The van der Waals surface area contributed by atoms with Crippen molar-refractivity contribution in [1.29, 1.82) is 5.26 Å². The summed E-state index contributed by atoms with van der Waals surface area (Å²) in [6.45, 7) is 2.95. The number of carbonyl (C=O) groups is 2. The molecular formula is C34H33F6N5O5. The second-order valence-corrected chi connectivity index (χ2v) is 12.1. The van der Waals surface area contributed by atoms with Gasteiger partial charge in [0, 0.05) is 19.0 Å². The molecule has 266 valence electrons. The molecule has 2 atom stereocenters. The van der Waals surface area contributed by atoms with Gasteiger partial charge in [0.2, 0.25) is 0 Å². The number of nitrogens with two attached hydrogens (primary N) is 1. The number of rotatable bonds is 8. The van der Waals surface area contributed by atoms with E-state index in [0.29, 0.717) is 37.6 Å². The average molecular weight is 706 g/mol. The average Bonchev–Trinajstić information content (AvgIpc) is 3.07. The molecule has 1 amide bonds. The summed E-state index contributed by atoms with van der Waals surface area (Å²) in [5, 5.41) is 18.5. The molecule has 1 fully saturated rings. The summed E-state index contributed by atoms with van der Waals surface area (Å²) in [6, 6.07) is 9.18. The molecule has 3 N–H and O–H groups in total. The van der Waals surface area contributed by atoms with Crippen LogP contribution >= 0.6 is 0 Å². The predicted octanol–water partition coefficient (Wildman–Crippen LogP) is 6.44. The summed E-state index contributed by atoms with van der Waals surface area (Å²) < 4.78 is 94.4. The van der Waals surface area contributed by atoms with E-state index in [1.165, 1.54) is 12.3 Å². The molecule has 0 aliphatic carbocycles. The number of morpholine rings is 1. The number of ether oxygens (including phenoxy) is 2. The molecule has 2 aliphatic rings. The smallest absolute Gasteiger partial charge is 0.416 e. The molecule has 3 heterocycles. The maximum atomic E-state index is 14.1. The first-order valence-electron chi connectivity index (χ1n) is 15.7. The van der Waals surface area contributed by atoms with Crippen LogP contribution in [0.5, 0.6) is 0 Å². The van der Waals surface area contributed by atoms with Gasteiger partial charge in [-0.25, -0.2) is 4.79 Å². The third kappa shape index (κ3) is 7.79. The summed E-state index contributed by atoms with van der Waals surface area (Å²) >= 11 is 0. The lowest BCUT2D eigenvalue weighted by molar-refractivity contribution is -0.138. The molecule has 50 heavy (non-hydrogen) atoms. The molecule has 0 saturated carbocycles. The van der Waals surface area contributed by atoms with Gasteiger partial charge in [0.1, 0.15) is 12.3 Å². The quantitative estimate of drug-likeness (QED) is 0.254. The van der Waals surface area contributed by atoms with Crippen molar-refractivity contribution in [2.24, 2.45) is 5.73 Å². The minimum atomic E-state index is -4.78. The van der Waals surface area contributed by atoms with Crippen molar-refractivity contribution < 1.29 is 50.5 Å². The fourth-order valence-electron chi connectivity index (χ4n) is 6.33. The van der Waals surface area contributed by atoms with E-state index in [2.05, 4.69) is 0 Å². The van der Waals surface area contributed by atoms with Crippen LogP contribution in [0.15, 0.2) is 48.7 Å². The first-order valence-corrected chi connectivity index (χ1v) is 15.7. The van der Waals surface area contributed by atoms with Gasteiger partial charge in [0.15, 0.2) is 0 Å². The van der Waals surface area contributed by atoms with Crippen LogP contribution in [-0.2, 0) is 33.0 Å². The topological polar surface area (TPSA) is 142 Å². The molecule has 1 aromatic heterocycles. The third-order valence-corrected chi connectivity index (χ3v) is 8.85. The van der Waals surface area contributed by atoms with Crippen LogP contribution in [-0.4, -0.2) is 60.7 Å². The fourth-order valence-corrected chi connectivity index (χ4v) is 6.33. The Kier molecular flexibility index (Phi) is 10.3. The van der Waals surface area contributed by atoms with Gasteiger partial charge >= 0.3 is 24.4 Å². The van der Waals surface area contributed by atoms with Crippen molar-refractivity contribution in [3.63, 3.8) is 0 Å². The first-order chi connectivity index (χ1) is 23.5. The zero-order chi connectivity index (χ0) is 36.4. The van der Waals surface area contributed by atoms with Crippen molar-refractivity contribution in [3.8, 4) is 6.07 Å². The monoisotopic (exact) mass is 705 g/mol. The SMILES string of the molecule is CC[C@]1(N)C[C@H](c2ncc(N3CCOCC3)cc2Cc2cc(C#N)cc(C(F)(F)F)c2)c2cc(C(F)(F)F)ccc2N1C(=O)OCCC(=O)O. The van der Waals surface area contributed by atoms with Crippen LogP contribution in [0, 0.1) is 11.3 Å². The van der Waals surface area contributed by atoms with Crippen molar-refractivity contribution in [2.75, 3.05) is 42.7 Å². The van der Waals surface area contributed by atoms with E-state index >= 15 is 0 Å². The van der Waals surface area contributed by atoms with E-state index in [9.17, 15) is 41.2 Å². The Balaban J connectivity index is 1.69. The highest BCUT2D eigenvalue weighted by Crippen LogP contribution is 2.49. The van der Waals surface area contributed by atoms with Gasteiger partial charge in [-0.05, 0) is 78.4 Å². The molecule has 1 saturated heterocycles. The number of anilines is 2. The van der Waals surface area contributed by atoms with Crippen LogP contribution in [0.2, 0.25) is 0 Å². The fraction of sp³-hybridized carbons (Fsp3) is 0.412. The van der Waals surface area contributed by atoms with Crippen LogP contribution in [0.4, 0.5) is 42.5 Å². The van der Waals surface area contributed by atoms with Crippen LogP contribution in [0.1, 0.15) is 71.2 Å². The second kappa shape index (κ2) is 14.2. The number of carboxylic acid groups (broad SMARTS) is 1. The molecule has 2 aromatic carbocycles. The van der Waals surface area contributed by atoms with Crippen LogP contribution in [0.3, 0.4) is 0 Å². The molecule has 5 rings (SSSR count). The second-order valence-electron chi connectivity index (χ2n) is 12.1. The summed E-state index contributed by atoms with van der Waals surface area (Å²) in [7, 11) is 0. The number of nitriles is 1. The number of hydrogen-bond donors (Lipinski definition) is 2. The highest BCUT2D eigenvalue weighted by Gasteiger charge is 2.47. The number of hydrogen-bond acceptors (Lipinski definition) is 8. The van der Waals surface area contributed by atoms with E-state index in [4.69, 9.17) is 25.3 Å². The molecule has 0 radical (unpaired) electrons. The maximum Gasteiger partial charge on any atom is 0.416 e. The van der Waals surface area contributed by atoms with Gasteiger partial charge in [0.25, 0.3) is 0 Å². The third-order valence-electron chi connectivity index (χ3n) is 8.85. The Labute approximate surface area is 283 Å². The number of aliphatic carboxylic acids is 1. The number of pyridine rings is 1. The Morgan fingerprint density at radius 3 is 2.40 bits per heavy atom. The van der Waals surface area contributed by atoms with Crippen molar-refractivity contribution >= 4 is 23.4 Å². The predicted molar refractivity (Wildman–Crippen MR) is 167 cm³/mol. The summed E-state index contributed by atoms with van der Waals surface area (Å²) in [5.41, 5.74) is 4.31. The van der Waals surface area contributed by atoms with E-state index in [0.717, 1.165) is 35.2 Å². The van der Waals surface area contributed by atoms with Gasteiger partial charge in [0.05, 0.1) is 65.7 Å². The number of amides is 1. The van der Waals surface area contributed by atoms with Gasteiger partial charge < -0.3 is 25.2 Å². The largest absolute Gasteiger partial charge is 0.481 e. The molecule has 0 bridgehead atoms. The molecule has 16 heteroatoms. The van der Waals surface area contributed by atoms with Crippen molar-refractivity contribution in [2.45, 2.75) is 56.5 Å².